The summed E-state index contributed by atoms with van der Waals surface area (Å²) in [6.07, 6.45) is 4.86. The van der Waals surface area contributed by atoms with E-state index in [2.05, 4.69) is 78.2 Å². The van der Waals surface area contributed by atoms with Crippen LogP contribution in [-0.2, 0) is 0 Å². The zero-order chi connectivity index (χ0) is 20.6. The minimum absolute atomic E-state index is 0.134. The lowest BCUT2D eigenvalue weighted by molar-refractivity contribution is -0.113. The van der Waals surface area contributed by atoms with Crippen molar-refractivity contribution in [3.63, 3.8) is 0 Å². The number of likely N-dealkylation sites (tertiary alicyclic amines) is 2. The van der Waals surface area contributed by atoms with Crippen molar-refractivity contribution >= 4 is 0 Å². The van der Waals surface area contributed by atoms with Gasteiger partial charge in [-0.2, -0.15) is 0 Å². The Labute approximate surface area is 169 Å². The Morgan fingerprint density at radius 3 is 2.19 bits per heavy atom. The van der Waals surface area contributed by atoms with Crippen molar-refractivity contribution in [1.82, 2.24) is 9.80 Å². The Hall–Kier alpha value is -0.380. The smallest absolute Gasteiger partial charge is 0.0514 e. The molecule has 0 bridgehead atoms. The van der Waals surface area contributed by atoms with E-state index in [-0.39, 0.29) is 5.41 Å². The largest absolute Gasteiger partial charge is 0.396 e. The number of rotatable bonds is 9. The molecule has 1 N–H and O–H groups in total. The van der Waals surface area contributed by atoms with Gasteiger partial charge in [-0.05, 0) is 64.7 Å². The second kappa shape index (κ2) is 8.55. The van der Waals surface area contributed by atoms with E-state index in [9.17, 15) is 5.11 Å². The summed E-state index contributed by atoms with van der Waals surface area (Å²) in [5.41, 5.74) is 1.92. The molecule has 2 aliphatic heterocycles. The third-order valence-corrected chi connectivity index (χ3v) is 7.75. The molecule has 2 aliphatic rings. The van der Waals surface area contributed by atoms with Gasteiger partial charge in [-0.25, -0.2) is 0 Å². The molecule has 0 radical (unpaired) electrons. The zero-order valence-electron chi connectivity index (χ0n) is 19.5. The molecule has 3 nitrogen and oxygen atoms in total. The van der Waals surface area contributed by atoms with E-state index in [0.717, 1.165) is 19.0 Å². The predicted octanol–water partition coefficient (Wildman–Crippen LogP) is 4.81. The van der Waals surface area contributed by atoms with Crippen LogP contribution >= 0.6 is 0 Å². The predicted molar refractivity (Wildman–Crippen MR) is 117 cm³/mol. The molecule has 27 heavy (non-hydrogen) atoms. The van der Waals surface area contributed by atoms with Crippen molar-refractivity contribution in [2.75, 3.05) is 26.2 Å². The van der Waals surface area contributed by atoms with E-state index in [1.807, 2.05) is 0 Å². The lowest BCUT2D eigenvalue weighted by Gasteiger charge is -2.59. The Morgan fingerprint density at radius 1 is 1.15 bits per heavy atom. The number of aliphatic hydroxyl groups excluding tert-OH is 1. The number of nitrogens with zero attached hydrogens (tertiary/aromatic N) is 2. The van der Waals surface area contributed by atoms with Crippen molar-refractivity contribution in [1.29, 1.82) is 0 Å². The van der Waals surface area contributed by atoms with Gasteiger partial charge in [-0.1, -0.05) is 39.3 Å². The number of hydrogen-bond donors (Lipinski definition) is 1. The molecule has 0 aliphatic carbocycles. The summed E-state index contributed by atoms with van der Waals surface area (Å²) < 4.78 is 0. The first kappa shape index (κ1) is 22.9. The van der Waals surface area contributed by atoms with Crippen LogP contribution < -0.4 is 0 Å². The van der Waals surface area contributed by atoms with Gasteiger partial charge >= 0.3 is 0 Å². The highest BCUT2D eigenvalue weighted by Gasteiger charge is 2.50. The fourth-order valence-electron chi connectivity index (χ4n) is 5.36. The SMILES string of the molecule is CC(C)=CCC1C(C(C)(C)CC(C)N2CC(CO)(C(C)C)C2)CN1C(C)C. The van der Waals surface area contributed by atoms with Gasteiger partial charge in [0.05, 0.1) is 6.61 Å². The summed E-state index contributed by atoms with van der Waals surface area (Å²) in [4.78, 5) is 5.29. The van der Waals surface area contributed by atoms with E-state index >= 15 is 0 Å². The molecule has 0 aromatic rings. The van der Waals surface area contributed by atoms with Crippen LogP contribution in [0.2, 0.25) is 0 Å². The Kier molecular flexibility index (Phi) is 7.25. The first-order valence-electron chi connectivity index (χ1n) is 11.2. The number of hydrogen-bond acceptors (Lipinski definition) is 3. The minimum atomic E-state index is 0.134. The molecule has 0 spiro atoms. The molecule has 2 saturated heterocycles. The Bertz CT molecular complexity index is 512. The molecule has 2 rings (SSSR count). The van der Waals surface area contributed by atoms with E-state index in [1.54, 1.807) is 0 Å². The molecule has 0 aromatic heterocycles. The standard InChI is InChI=1S/C24H46N2O/c1-17(2)10-11-22-21(13-26(22)19(5)6)23(8,9)12-20(7)25-14-24(15-25,16-27)18(3)4/h10,18-22,27H,11-16H2,1-9H3. The van der Waals surface area contributed by atoms with E-state index in [4.69, 9.17) is 0 Å². The monoisotopic (exact) mass is 378 g/mol. The number of aliphatic hydroxyl groups is 1. The van der Waals surface area contributed by atoms with Gasteiger partial charge in [0.15, 0.2) is 0 Å². The molecule has 2 fully saturated rings. The molecule has 0 saturated carbocycles. The first-order valence-corrected chi connectivity index (χ1v) is 11.2. The van der Waals surface area contributed by atoms with E-state index in [1.165, 1.54) is 25.0 Å². The molecule has 3 heteroatoms. The lowest BCUT2D eigenvalue weighted by atomic mass is 9.64. The number of allylic oxidation sites excluding steroid dienone is 1. The fraction of sp³-hybridized carbons (Fsp3) is 0.917. The molecule has 3 unspecified atom stereocenters. The quantitative estimate of drug-likeness (QED) is 0.583. The zero-order valence-corrected chi connectivity index (χ0v) is 19.5. The molecule has 3 atom stereocenters. The van der Waals surface area contributed by atoms with Crippen LogP contribution in [0.4, 0.5) is 0 Å². The van der Waals surface area contributed by atoms with E-state index in [0.29, 0.717) is 36.1 Å². The third kappa shape index (κ3) is 4.79. The van der Waals surface area contributed by atoms with Crippen molar-refractivity contribution < 1.29 is 5.11 Å². The average Bonchev–Trinajstić information content (AvgIpc) is 2.43. The van der Waals surface area contributed by atoms with Crippen LogP contribution in [0.1, 0.15) is 75.2 Å². The molecule has 0 aromatic carbocycles. The van der Waals surface area contributed by atoms with Crippen molar-refractivity contribution in [3.8, 4) is 0 Å². The van der Waals surface area contributed by atoms with E-state index < -0.39 is 0 Å². The summed E-state index contributed by atoms with van der Waals surface area (Å²) in [7, 11) is 0. The fourth-order valence-corrected chi connectivity index (χ4v) is 5.36. The second-order valence-electron chi connectivity index (χ2n) is 11.1. The van der Waals surface area contributed by atoms with Crippen LogP contribution in [0.5, 0.6) is 0 Å². The molecular weight excluding hydrogens is 332 g/mol. The normalized spacial score (nSPS) is 27.4. The maximum Gasteiger partial charge on any atom is 0.0514 e. The molecule has 0 amide bonds. The van der Waals surface area contributed by atoms with Gasteiger partial charge in [0.25, 0.3) is 0 Å². The van der Waals surface area contributed by atoms with Crippen LogP contribution in [0.15, 0.2) is 11.6 Å². The van der Waals surface area contributed by atoms with Crippen LogP contribution in [-0.4, -0.2) is 59.3 Å². The Morgan fingerprint density at radius 2 is 1.74 bits per heavy atom. The van der Waals surface area contributed by atoms with Gasteiger partial charge in [-0.3, -0.25) is 9.80 Å². The molecule has 158 valence electrons. The molecule has 2 heterocycles. The van der Waals surface area contributed by atoms with Gasteiger partial charge in [0, 0.05) is 43.2 Å². The van der Waals surface area contributed by atoms with Crippen molar-refractivity contribution in [2.45, 2.75) is 93.3 Å². The summed E-state index contributed by atoms with van der Waals surface area (Å²) in [5, 5.41) is 9.86. The second-order valence-corrected chi connectivity index (χ2v) is 11.1. The summed E-state index contributed by atoms with van der Waals surface area (Å²) >= 11 is 0. The Balaban J connectivity index is 1.98. The van der Waals surface area contributed by atoms with Crippen molar-refractivity contribution in [2.24, 2.45) is 22.7 Å². The summed E-state index contributed by atoms with van der Waals surface area (Å²) in [5.74, 6) is 1.32. The maximum absolute atomic E-state index is 9.86. The highest BCUT2D eigenvalue weighted by Crippen LogP contribution is 2.47. The van der Waals surface area contributed by atoms with Crippen LogP contribution in [0, 0.1) is 22.7 Å². The third-order valence-electron chi connectivity index (χ3n) is 7.75. The summed E-state index contributed by atoms with van der Waals surface area (Å²) in [6, 6.07) is 1.91. The minimum Gasteiger partial charge on any atom is -0.396 e. The highest BCUT2D eigenvalue weighted by molar-refractivity contribution is 5.07. The van der Waals surface area contributed by atoms with Crippen molar-refractivity contribution in [3.05, 3.63) is 11.6 Å². The van der Waals surface area contributed by atoms with Gasteiger partial charge in [-0.15, -0.1) is 0 Å². The first-order chi connectivity index (χ1) is 12.4. The molecular formula is C24H46N2O. The van der Waals surface area contributed by atoms with Gasteiger partial charge < -0.3 is 5.11 Å². The van der Waals surface area contributed by atoms with Gasteiger partial charge in [0.1, 0.15) is 0 Å². The van der Waals surface area contributed by atoms with Crippen LogP contribution in [0.25, 0.3) is 0 Å². The van der Waals surface area contributed by atoms with Gasteiger partial charge in [0.2, 0.25) is 0 Å². The highest BCUT2D eigenvalue weighted by atomic mass is 16.3. The maximum atomic E-state index is 9.86. The van der Waals surface area contributed by atoms with Crippen LogP contribution in [0.3, 0.4) is 0 Å². The topological polar surface area (TPSA) is 26.7 Å². The summed E-state index contributed by atoms with van der Waals surface area (Å²) in [6.45, 7) is 24.7. The average molecular weight is 379 g/mol. The lowest BCUT2D eigenvalue weighted by Crippen LogP contribution is -2.65.